The molecular weight excluding hydrogens is 262 g/mol. The van der Waals surface area contributed by atoms with Crippen molar-refractivity contribution in [3.63, 3.8) is 0 Å². The van der Waals surface area contributed by atoms with Crippen molar-refractivity contribution in [3.8, 4) is 0 Å². The van der Waals surface area contributed by atoms with Gasteiger partial charge in [0.1, 0.15) is 0 Å². The highest BCUT2D eigenvalue weighted by Crippen LogP contribution is 2.23. The van der Waals surface area contributed by atoms with Crippen LogP contribution in [0.3, 0.4) is 0 Å². The molecule has 1 fully saturated rings. The Hall–Kier alpha value is -1.13. The molecule has 0 aliphatic carbocycles. The lowest BCUT2D eigenvalue weighted by Crippen LogP contribution is -2.59. The number of pyridine rings is 1. The van der Waals surface area contributed by atoms with E-state index < -0.39 is 5.60 Å². The van der Waals surface area contributed by atoms with E-state index in [-0.39, 0.29) is 6.04 Å². The number of nitrogens with zero attached hydrogens (tertiary/aromatic N) is 3. The van der Waals surface area contributed by atoms with Crippen LogP contribution in [0.2, 0.25) is 0 Å². The molecule has 1 aromatic heterocycles. The molecule has 0 radical (unpaired) electrons. The maximum absolute atomic E-state index is 10.3. The van der Waals surface area contributed by atoms with Crippen molar-refractivity contribution in [1.82, 2.24) is 9.88 Å². The number of anilines is 1. The molecule has 1 aliphatic heterocycles. The van der Waals surface area contributed by atoms with Crippen LogP contribution in [0.5, 0.6) is 0 Å². The molecule has 1 N–H and O–H groups in total. The molecule has 0 spiro atoms. The summed E-state index contributed by atoms with van der Waals surface area (Å²) in [6.07, 6.45) is 2.92. The lowest BCUT2D eigenvalue weighted by Gasteiger charge is -2.45. The normalized spacial score (nSPS) is 20.0. The molecule has 1 aliphatic rings. The number of aryl methyl sites for hydroxylation is 1. The lowest BCUT2D eigenvalue weighted by atomic mass is 9.95. The van der Waals surface area contributed by atoms with Crippen molar-refractivity contribution >= 4 is 5.69 Å². The number of rotatable bonds is 3. The van der Waals surface area contributed by atoms with E-state index in [1.54, 1.807) is 0 Å². The number of piperazine rings is 1. The summed E-state index contributed by atoms with van der Waals surface area (Å²) >= 11 is 0. The smallest absolute Gasteiger partial charge is 0.0763 e. The van der Waals surface area contributed by atoms with E-state index in [1.165, 1.54) is 0 Å². The molecule has 0 bridgehead atoms. The van der Waals surface area contributed by atoms with Crippen molar-refractivity contribution in [2.45, 2.75) is 52.7 Å². The first-order valence-electron chi connectivity index (χ1n) is 8.04. The fourth-order valence-corrected chi connectivity index (χ4v) is 2.68. The first kappa shape index (κ1) is 17.9. The molecule has 2 heterocycles. The molecule has 1 saturated heterocycles. The van der Waals surface area contributed by atoms with Crippen molar-refractivity contribution in [1.29, 1.82) is 0 Å². The summed E-state index contributed by atoms with van der Waals surface area (Å²) in [5.41, 5.74) is 1.58. The van der Waals surface area contributed by atoms with Crippen LogP contribution in [0.25, 0.3) is 0 Å². The zero-order valence-electron chi connectivity index (χ0n) is 14.4. The van der Waals surface area contributed by atoms with Crippen LogP contribution in [0, 0.1) is 0 Å². The number of hydrogen-bond acceptors (Lipinski definition) is 4. The van der Waals surface area contributed by atoms with Gasteiger partial charge in [0.25, 0.3) is 0 Å². The second-order valence-electron chi connectivity index (χ2n) is 5.96. The van der Waals surface area contributed by atoms with Crippen LogP contribution in [0.1, 0.15) is 40.3 Å². The van der Waals surface area contributed by atoms with Crippen LogP contribution >= 0.6 is 0 Å². The van der Waals surface area contributed by atoms with Gasteiger partial charge in [-0.1, -0.05) is 20.8 Å². The van der Waals surface area contributed by atoms with Gasteiger partial charge in [-0.15, -0.1) is 0 Å². The predicted octanol–water partition coefficient (Wildman–Crippen LogP) is 2.56. The molecule has 21 heavy (non-hydrogen) atoms. The molecule has 4 nitrogen and oxygen atoms in total. The highest BCUT2D eigenvalue weighted by Gasteiger charge is 2.35. The molecule has 1 atom stereocenters. The summed E-state index contributed by atoms with van der Waals surface area (Å²) in [5.74, 6) is 0. The minimum Gasteiger partial charge on any atom is -0.389 e. The van der Waals surface area contributed by atoms with Gasteiger partial charge in [-0.3, -0.25) is 9.88 Å². The zero-order valence-corrected chi connectivity index (χ0v) is 14.4. The van der Waals surface area contributed by atoms with Gasteiger partial charge in [0.2, 0.25) is 0 Å². The molecule has 1 unspecified atom stereocenters. The minimum absolute atomic E-state index is 0.145. The van der Waals surface area contributed by atoms with Gasteiger partial charge < -0.3 is 10.0 Å². The third-order valence-electron chi connectivity index (χ3n) is 4.00. The van der Waals surface area contributed by atoms with E-state index in [0.29, 0.717) is 0 Å². The van der Waals surface area contributed by atoms with Gasteiger partial charge in [0.05, 0.1) is 23.5 Å². The van der Waals surface area contributed by atoms with Gasteiger partial charge in [0.15, 0.2) is 0 Å². The van der Waals surface area contributed by atoms with Crippen LogP contribution in [0.4, 0.5) is 5.69 Å². The molecule has 4 heteroatoms. The van der Waals surface area contributed by atoms with Crippen LogP contribution in [-0.4, -0.2) is 53.3 Å². The molecule has 0 saturated carbocycles. The summed E-state index contributed by atoms with van der Waals surface area (Å²) in [7, 11) is 2.08. The van der Waals surface area contributed by atoms with Gasteiger partial charge in [-0.2, -0.15) is 0 Å². The zero-order chi connectivity index (χ0) is 16.0. The Morgan fingerprint density at radius 2 is 1.95 bits per heavy atom. The van der Waals surface area contributed by atoms with Gasteiger partial charge in [-0.25, -0.2) is 0 Å². The number of likely N-dealkylation sites (N-methyl/N-ethyl adjacent to an activating group) is 1. The lowest BCUT2D eigenvalue weighted by molar-refractivity contribution is -0.0140. The van der Waals surface area contributed by atoms with Gasteiger partial charge in [0, 0.05) is 25.3 Å². The largest absolute Gasteiger partial charge is 0.389 e. The third-order valence-corrected chi connectivity index (χ3v) is 4.00. The Labute approximate surface area is 129 Å². The second-order valence-corrected chi connectivity index (χ2v) is 5.96. The van der Waals surface area contributed by atoms with Crippen LogP contribution < -0.4 is 4.90 Å². The predicted molar refractivity (Wildman–Crippen MR) is 89.9 cm³/mol. The maximum Gasteiger partial charge on any atom is 0.0763 e. The Morgan fingerprint density at radius 3 is 2.43 bits per heavy atom. The summed E-state index contributed by atoms with van der Waals surface area (Å²) in [6, 6.07) is 4.37. The Balaban J connectivity index is 0.00000106. The van der Waals surface area contributed by atoms with E-state index >= 15 is 0 Å². The minimum atomic E-state index is -0.690. The Bertz CT molecular complexity index is 411. The molecule has 120 valence electrons. The molecule has 0 aromatic carbocycles. The van der Waals surface area contributed by atoms with Crippen LogP contribution in [-0.2, 0) is 6.42 Å². The summed E-state index contributed by atoms with van der Waals surface area (Å²) < 4.78 is 0. The second kappa shape index (κ2) is 7.76. The molecule has 1 aromatic rings. The average molecular weight is 293 g/mol. The number of hydrogen-bond donors (Lipinski definition) is 1. The Morgan fingerprint density at radius 1 is 1.29 bits per heavy atom. The van der Waals surface area contributed by atoms with E-state index in [9.17, 15) is 5.11 Å². The SMILES string of the molecule is CC.CCc1ccc(N2CCN(C)C(C(C)(C)O)C2)cn1. The fraction of sp³-hybridized carbons (Fsp3) is 0.706. The quantitative estimate of drug-likeness (QED) is 0.930. The topological polar surface area (TPSA) is 39.6 Å². The van der Waals surface area contributed by atoms with E-state index in [2.05, 4.69) is 40.9 Å². The molecule has 0 amide bonds. The van der Waals surface area contributed by atoms with Gasteiger partial charge in [-0.05, 0) is 39.4 Å². The van der Waals surface area contributed by atoms with E-state index in [0.717, 1.165) is 37.4 Å². The van der Waals surface area contributed by atoms with E-state index in [4.69, 9.17) is 0 Å². The van der Waals surface area contributed by atoms with Crippen molar-refractivity contribution in [2.24, 2.45) is 0 Å². The highest BCUT2D eigenvalue weighted by molar-refractivity contribution is 5.45. The first-order chi connectivity index (χ1) is 9.91. The van der Waals surface area contributed by atoms with Crippen molar-refractivity contribution in [2.75, 3.05) is 31.6 Å². The molecule has 2 rings (SSSR count). The fourth-order valence-electron chi connectivity index (χ4n) is 2.68. The summed E-state index contributed by atoms with van der Waals surface area (Å²) in [6.45, 7) is 12.7. The standard InChI is InChI=1S/C15H25N3O.C2H6/c1-5-12-6-7-13(10-16-12)18-9-8-17(4)14(11-18)15(2,3)19;1-2/h6-7,10,14,19H,5,8-9,11H2,1-4H3;1-2H3. The van der Waals surface area contributed by atoms with Crippen molar-refractivity contribution < 1.29 is 5.11 Å². The number of aliphatic hydroxyl groups is 1. The van der Waals surface area contributed by atoms with E-state index in [1.807, 2.05) is 33.9 Å². The first-order valence-corrected chi connectivity index (χ1v) is 8.04. The summed E-state index contributed by atoms with van der Waals surface area (Å²) in [5, 5.41) is 10.3. The number of aromatic nitrogens is 1. The average Bonchev–Trinajstić information content (AvgIpc) is 2.49. The summed E-state index contributed by atoms with van der Waals surface area (Å²) in [4.78, 5) is 9.02. The van der Waals surface area contributed by atoms with Crippen LogP contribution in [0.15, 0.2) is 18.3 Å². The monoisotopic (exact) mass is 293 g/mol. The van der Waals surface area contributed by atoms with Crippen molar-refractivity contribution in [3.05, 3.63) is 24.0 Å². The van der Waals surface area contributed by atoms with Gasteiger partial charge >= 0.3 is 0 Å². The highest BCUT2D eigenvalue weighted by atomic mass is 16.3. The Kier molecular flexibility index (Phi) is 6.62. The maximum atomic E-state index is 10.3. The molecular formula is C17H31N3O. The third kappa shape index (κ3) is 4.68.